The number of rotatable bonds is 15. The van der Waals surface area contributed by atoms with Crippen LogP contribution in [0.2, 0.25) is 0 Å². The lowest BCUT2D eigenvalue weighted by molar-refractivity contribution is 0.0998. The largest absolute Gasteiger partial charge is 0.493 e. The summed E-state index contributed by atoms with van der Waals surface area (Å²) in [6.45, 7) is 2.73. The summed E-state index contributed by atoms with van der Waals surface area (Å²) < 4.78 is 64.0. The number of methoxy groups -OCH3 is 1. The molecule has 0 spiro atoms. The molecule has 1 fully saturated rings. The average Bonchev–Trinajstić information content (AvgIpc) is 3.06. The number of sulfonamides is 1. The van der Waals surface area contributed by atoms with Crippen LogP contribution in [-0.4, -0.2) is 74.2 Å². The lowest BCUT2D eigenvalue weighted by atomic mass is 10.0. The van der Waals surface area contributed by atoms with E-state index in [9.17, 15) is 26.8 Å². The number of anilines is 2. The van der Waals surface area contributed by atoms with Crippen molar-refractivity contribution in [3.8, 4) is 17.4 Å². The van der Waals surface area contributed by atoms with Gasteiger partial charge >= 0.3 is 6.03 Å². The molecule has 1 aliphatic rings. The minimum absolute atomic E-state index is 0.0167. The average molecular weight is 689 g/mol. The van der Waals surface area contributed by atoms with Crippen LogP contribution in [0.5, 0.6) is 17.4 Å². The van der Waals surface area contributed by atoms with Gasteiger partial charge in [-0.2, -0.15) is 0 Å². The van der Waals surface area contributed by atoms with Crippen LogP contribution in [0.4, 0.5) is 25.0 Å². The Balaban J connectivity index is 1.36. The molecular formula is C33H42F2N6O6S. The van der Waals surface area contributed by atoms with Crippen molar-refractivity contribution in [1.82, 2.24) is 14.8 Å². The van der Waals surface area contributed by atoms with Crippen molar-refractivity contribution in [2.75, 3.05) is 43.0 Å². The smallest absolute Gasteiger partial charge is 0.322 e. The van der Waals surface area contributed by atoms with Gasteiger partial charge in [-0.25, -0.2) is 27.0 Å². The van der Waals surface area contributed by atoms with Gasteiger partial charge in [0.2, 0.25) is 21.8 Å². The molecule has 1 saturated heterocycles. The molecule has 4 rings (SSSR count). The van der Waals surface area contributed by atoms with Crippen LogP contribution < -0.4 is 25.2 Å². The number of alkyl halides is 2. The first-order valence-electron chi connectivity index (χ1n) is 15.6. The number of carbonyl (C=O) groups excluding carboxylic acids is 2. The van der Waals surface area contributed by atoms with Gasteiger partial charge < -0.3 is 25.4 Å². The molecule has 0 unspecified atom stereocenters. The maximum absolute atomic E-state index is 13.8. The number of nitrogens with one attached hydrogen (secondary N) is 2. The molecule has 0 radical (unpaired) electrons. The third kappa shape index (κ3) is 9.76. The number of piperidine rings is 1. The fourth-order valence-corrected chi connectivity index (χ4v) is 6.14. The fraction of sp³-hybridized carbons (Fsp3) is 0.424. The minimum Gasteiger partial charge on any atom is -0.493 e. The monoisotopic (exact) mass is 688 g/mol. The van der Waals surface area contributed by atoms with Gasteiger partial charge in [0.25, 0.3) is 0 Å². The molecular weight excluding hydrogens is 646 g/mol. The highest BCUT2D eigenvalue weighted by molar-refractivity contribution is 7.92. The SMILES string of the molecule is CCCCN(C(=O)Nc1cc(C(N)=O)c(CF)cc1CF)C1CCN(Cc2ccc(Oc3ccc(NS(C)(=O)=O)cc3OC)nc2)CC1. The van der Waals surface area contributed by atoms with Crippen LogP contribution in [0.3, 0.4) is 0 Å². The predicted octanol–water partition coefficient (Wildman–Crippen LogP) is 5.59. The first-order valence-corrected chi connectivity index (χ1v) is 17.5. The van der Waals surface area contributed by atoms with Crippen LogP contribution in [0.1, 0.15) is 59.7 Å². The highest BCUT2D eigenvalue weighted by Gasteiger charge is 2.28. The van der Waals surface area contributed by atoms with E-state index in [0.717, 1.165) is 50.6 Å². The lowest BCUT2D eigenvalue weighted by Gasteiger charge is -2.38. The second kappa shape index (κ2) is 16.6. The van der Waals surface area contributed by atoms with E-state index >= 15 is 0 Å². The number of hydrogen-bond donors (Lipinski definition) is 3. The van der Waals surface area contributed by atoms with Gasteiger partial charge in [-0.1, -0.05) is 19.4 Å². The zero-order chi connectivity index (χ0) is 34.8. The Morgan fingerprint density at radius 1 is 1.06 bits per heavy atom. The highest BCUT2D eigenvalue weighted by atomic mass is 32.2. The Bertz CT molecular complexity index is 1680. The molecule has 2 aromatic carbocycles. The first-order chi connectivity index (χ1) is 22.9. The summed E-state index contributed by atoms with van der Waals surface area (Å²) in [4.78, 5) is 33.8. The fourth-order valence-electron chi connectivity index (χ4n) is 5.58. The Labute approximate surface area is 279 Å². The first kappa shape index (κ1) is 36.3. The maximum Gasteiger partial charge on any atom is 0.322 e. The molecule has 1 aliphatic heterocycles. The number of nitrogens with two attached hydrogens (primary N) is 1. The number of carbonyl (C=O) groups is 2. The molecule has 48 heavy (non-hydrogen) atoms. The number of primary amides is 1. The van der Waals surface area contributed by atoms with E-state index < -0.39 is 35.3 Å². The normalized spacial score (nSPS) is 13.9. The van der Waals surface area contributed by atoms with Crippen molar-refractivity contribution in [3.05, 3.63) is 70.9 Å². The number of urea groups is 1. The summed E-state index contributed by atoms with van der Waals surface area (Å²) >= 11 is 0. The molecule has 0 aliphatic carbocycles. The summed E-state index contributed by atoms with van der Waals surface area (Å²) in [5.41, 5.74) is 6.79. The summed E-state index contributed by atoms with van der Waals surface area (Å²) in [5, 5.41) is 2.75. The summed E-state index contributed by atoms with van der Waals surface area (Å²) in [7, 11) is -1.99. The summed E-state index contributed by atoms with van der Waals surface area (Å²) in [6, 6.07) is 10.4. The van der Waals surface area contributed by atoms with E-state index in [2.05, 4.69) is 19.9 Å². The van der Waals surface area contributed by atoms with Crippen molar-refractivity contribution < 1.29 is 36.3 Å². The molecule has 0 saturated carbocycles. The van der Waals surface area contributed by atoms with Crippen molar-refractivity contribution in [2.24, 2.45) is 5.73 Å². The van der Waals surface area contributed by atoms with Crippen LogP contribution >= 0.6 is 0 Å². The third-order valence-electron chi connectivity index (χ3n) is 8.02. The van der Waals surface area contributed by atoms with E-state index in [0.29, 0.717) is 36.2 Å². The summed E-state index contributed by atoms with van der Waals surface area (Å²) in [6.07, 6.45) is 5.89. The molecule has 2 heterocycles. The van der Waals surface area contributed by atoms with Gasteiger partial charge in [0.05, 0.1) is 19.1 Å². The van der Waals surface area contributed by atoms with Crippen molar-refractivity contribution in [1.29, 1.82) is 0 Å². The Hall–Kier alpha value is -4.50. The molecule has 3 aromatic rings. The topological polar surface area (TPSA) is 156 Å². The zero-order valence-electron chi connectivity index (χ0n) is 27.3. The van der Waals surface area contributed by atoms with Gasteiger partial charge in [-0.15, -0.1) is 0 Å². The Morgan fingerprint density at radius 3 is 2.38 bits per heavy atom. The molecule has 15 heteroatoms. The van der Waals surface area contributed by atoms with E-state index in [4.69, 9.17) is 15.2 Å². The number of nitrogens with zero attached hydrogens (tertiary/aromatic N) is 3. The van der Waals surface area contributed by atoms with Crippen molar-refractivity contribution >= 4 is 33.3 Å². The van der Waals surface area contributed by atoms with Crippen molar-refractivity contribution in [3.63, 3.8) is 0 Å². The van der Waals surface area contributed by atoms with Crippen molar-refractivity contribution in [2.45, 2.75) is 58.5 Å². The van der Waals surface area contributed by atoms with Crippen LogP contribution in [-0.2, 0) is 29.9 Å². The maximum atomic E-state index is 13.8. The van der Waals surface area contributed by atoms with Crippen LogP contribution in [0.25, 0.3) is 0 Å². The quantitative estimate of drug-likeness (QED) is 0.187. The summed E-state index contributed by atoms with van der Waals surface area (Å²) in [5.74, 6) is 0.205. The second-order valence-electron chi connectivity index (χ2n) is 11.6. The van der Waals surface area contributed by atoms with Crippen LogP contribution in [0.15, 0.2) is 48.7 Å². The molecule has 0 bridgehead atoms. The number of ether oxygens (including phenoxy) is 2. The van der Waals surface area contributed by atoms with Gasteiger partial charge in [0.15, 0.2) is 11.5 Å². The number of unbranched alkanes of at least 4 members (excludes halogenated alkanes) is 1. The standard InChI is InChI=1S/C33H42F2N6O6S/c1-4-5-12-41(33(43)38-28-17-27(32(36)42)23(18-34)15-24(28)19-35)26-10-13-40(14-11-26)21-22-6-9-31(37-20-22)47-29-8-7-25(16-30(29)46-2)39-48(3,44)45/h6-9,15-17,20,26,39H,4-5,10-14,18-19,21H2,1-3H3,(H2,36,42)(H,38,43). The Kier molecular flexibility index (Phi) is 12.5. The van der Waals surface area contributed by atoms with Gasteiger partial charge in [0, 0.05) is 67.4 Å². The van der Waals surface area contributed by atoms with Gasteiger partial charge in [-0.3, -0.25) is 14.4 Å². The van der Waals surface area contributed by atoms with Crippen LogP contribution in [0, 0.1) is 0 Å². The molecule has 1 aromatic heterocycles. The van der Waals surface area contributed by atoms with Gasteiger partial charge in [-0.05, 0) is 54.7 Å². The lowest BCUT2D eigenvalue weighted by Crippen LogP contribution is -2.49. The Morgan fingerprint density at radius 2 is 1.79 bits per heavy atom. The molecule has 4 N–H and O–H groups in total. The third-order valence-corrected chi connectivity index (χ3v) is 8.63. The number of aromatic nitrogens is 1. The molecule has 12 nitrogen and oxygen atoms in total. The van der Waals surface area contributed by atoms with E-state index in [1.54, 1.807) is 29.3 Å². The number of likely N-dealkylation sites (tertiary alicyclic amines) is 1. The molecule has 0 atom stereocenters. The number of hydrogen-bond acceptors (Lipinski definition) is 8. The minimum atomic E-state index is -3.44. The number of amides is 3. The van der Waals surface area contributed by atoms with E-state index in [1.807, 2.05) is 13.0 Å². The van der Waals surface area contributed by atoms with Gasteiger partial charge in [0.1, 0.15) is 13.3 Å². The zero-order valence-corrected chi connectivity index (χ0v) is 28.1. The van der Waals surface area contributed by atoms with E-state index in [-0.39, 0.29) is 28.4 Å². The molecule has 260 valence electrons. The number of pyridine rings is 1. The molecule has 3 amide bonds. The van der Waals surface area contributed by atoms with E-state index in [1.165, 1.54) is 25.3 Å². The second-order valence-corrected chi connectivity index (χ2v) is 13.4. The number of halogens is 2. The highest BCUT2D eigenvalue weighted by Crippen LogP contribution is 2.34. The predicted molar refractivity (Wildman–Crippen MR) is 179 cm³/mol. The number of benzene rings is 2.